The van der Waals surface area contributed by atoms with E-state index < -0.39 is 13.3 Å². The van der Waals surface area contributed by atoms with Crippen LogP contribution in [0.5, 0.6) is 0 Å². The lowest BCUT2D eigenvalue weighted by Gasteiger charge is -2.18. The summed E-state index contributed by atoms with van der Waals surface area (Å²) in [6, 6.07) is 2.60. The third kappa shape index (κ3) is 10.4. The molecule has 1 N–H and O–H groups in total. The molecule has 0 aromatic heterocycles. The highest BCUT2D eigenvalue weighted by Gasteiger charge is 2.15. The average molecular weight is 202 g/mol. The van der Waals surface area contributed by atoms with Gasteiger partial charge in [0.15, 0.2) is 0 Å². The smallest absolute Gasteiger partial charge is 0.0811 e. The maximum Gasteiger partial charge on any atom is 0.0811 e. The Kier molecular flexibility index (Phi) is 4.73. The molecule has 0 unspecified atom stereocenters. The van der Waals surface area contributed by atoms with Gasteiger partial charge in [-0.25, -0.2) is 0 Å². The second-order valence-electron chi connectivity index (χ2n) is 5.15. The minimum Gasteiger partial charge on any atom is -0.395 e. The maximum absolute atomic E-state index is 9.47. The molecular formula is C9H22OSi2. The first-order valence-electron chi connectivity index (χ1n) is 4.68. The zero-order valence-electron chi connectivity index (χ0n) is 9.07. The molecule has 1 nitrogen and oxygen atoms in total. The number of rotatable bonds is 5. The van der Waals surface area contributed by atoms with Crippen LogP contribution in [-0.2, 0) is 0 Å². The van der Waals surface area contributed by atoms with Crippen LogP contribution in [0.4, 0.5) is 0 Å². The van der Waals surface area contributed by atoms with E-state index >= 15 is 0 Å². The Morgan fingerprint density at radius 2 is 1.75 bits per heavy atom. The van der Waals surface area contributed by atoms with E-state index in [9.17, 15) is 5.11 Å². The molecule has 12 heavy (non-hydrogen) atoms. The van der Waals surface area contributed by atoms with Crippen molar-refractivity contribution in [1.29, 1.82) is 0 Å². The molecular weight excluding hydrogens is 180 g/mol. The van der Waals surface area contributed by atoms with Gasteiger partial charge in [-0.05, 0) is 13.8 Å². The van der Waals surface area contributed by atoms with E-state index in [2.05, 4.69) is 19.6 Å². The highest BCUT2D eigenvalue weighted by atomic mass is 28.3. The molecule has 72 valence electrons. The minimum atomic E-state index is -0.831. The predicted molar refractivity (Wildman–Crippen MR) is 59.6 cm³/mol. The van der Waals surface area contributed by atoms with Crippen LogP contribution in [0, 0.1) is 0 Å². The van der Waals surface area contributed by atoms with Gasteiger partial charge in [0.25, 0.3) is 0 Å². The number of hydrogen-bond acceptors (Lipinski definition) is 1. The summed E-state index contributed by atoms with van der Waals surface area (Å²) >= 11 is 0. The van der Waals surface area contributed by atoms with Crippen LogP contribution in [0.15, 0.2) is 0 Å². The summed E-state index contributed by atoms with van der Waals surface area (Å²) in [5, 5.41) is 9.04. The molecule has 0 aromatic carbocycles. The van der Waals surface area contributed by atoms with Crippen molar-refractivity contribution in [1.82, 2.24) is 0 Å². The fourth-order valence-electron chi connectivity index (χ4n) is 1.01. The summed E-state index contributed by atoms with van der Waals surface area (Å²) in [5.74, 6) is 0. The van der Waals surface area contributed by atoms with Crippen LogP contribution in [0.25, 0.3) is 0 Å². The van der Waals surface area contributed by atoms with Crippen LogP contribution in [0.1, 0.15) is 20.3 Å². The largest absolute Gasteiger partial charge is 0.395 e. The van der Waals surface area contributed by atoms with E-state index in [1.807, 2.05) is 13.8 Å². The lowest BCUT2D eigenvalue weighted by molar-refractivity contribution is 0.165. The van der Waals surface area contributed by atoms with Gasteiger partial charge in [0.1, 0.15) is 0 Å². The van der Waals surface area contributed by atoms with Crippen molar-refractivity contribution in [2.24, 2.45) is 0 Å². The lowest BCUT2D eigenvalue weighted by atomic mass is 10.5. The minimum absolute atomic E-state index is 0.431. The normalized spacial score (nSPS) is 13.5. The van der Waals surface area contributed by atoms with Crippen LogP contribution >= 0.6 is 0 Å². The average Bonchev–Trinajstić information content (AvgIpc) is 1.76. The fourth-order valence-corrected chi connectivity index (χ4v) is 3.57. The number of aliphatic hydroxyl groups is 1. The Balaban J connectivity index is 3.35. The molecule has 0 saturated heterocycles. The SMILES string of the molecule is CC(C)(O)[Si]CCC[Si](C)(C)C. The Morgan fingerprint density at radius 3 is 2.08 bits per heavy atom. The molecule has 0 amide bonds. The molecule has 0 aromatic rings. The van der Waals surface area contributed by atoms with Gasteiger partial charge >= 0.3 is 0 Å². The van der Waals surface area contributed by atoms with Gasteiger partial charge in [0.2, 0.25) is 0 Å². The van der Waals surface area contributed by atoms with E-state index in [1.165, 1.54) is 18.5 Å². The van der Waals surface area contributed by atoms with Crippen molar-refractivity contribution < 1.29 is 5.11 Å². The molecule has 0 aliphatic rings. The molecule has 0 fully saturated rings. The highest BCUT2D eigenvalue weighted by molar-refractivity contribution is 6.76. The van der Waals surface area contributed by atoms with Crippen molar-refractivity contribution in [2.75, 3.05) is 0 Å². The predicted octanol–water partition coefficient (Wildman–Crippen LogP) is 2.57. The Morgan fingerprint density at radius 1 is 1.25 bits per heavy atom. The topological polar surface area (TPSA) is 20.2 Å². The standard InChI is InChI=1S/C9H22OSi2/c1-9(2,10)11-7-6-8-12(3,4)5/h10H,6-8H2,1-5H3. The van der Waals surface area contributed by atoms with Crippen LogP contribution in [0.3, 0.4) is 0 Å². The van der Waals surface area contributed by atoms with Crippen LogP contribution < -0.4 is 0 Å². The first-order chi connectivity index (χ1) is 5.21. The molecule has 3 heteroatoms. The Hall–Kier alpha value is 0.394. The molecule has 0 heterocycles. The van der Waals surface area contributed by atoms with Crippen LogP contribution in [-0.4, -0.2) is 27.9 Å². The third-order valence-electron chi connectivity index (χ3n) is 1.66. The zero-order valence-corrected chi connectivity index (χ0v) is 11.1. The Labute approximate surface area is 80.4 Å². The first-order valence-corrected chi connectivity index (χ1v) is 9.59. The quantitative estimate of drug-likeness (QED) is 0.537. The second kappa shape index (κ2) is 4.58. The van der Waals surface area contributed by atoms with Crippen molar-refractivity contribution in [3.05, 3.63) is 0 Å². The van der Waals surface area contributed by atoms with E-state index in [1.54, 1.807) is 0 Å². The van der Waals surface area contributed by atoms with Crippen molar-refractivity contribution >= 4 is 17.6 Å². The second-order valence-corrected chi connectivity index (χ2v) is 12.8. The molecule has 0 rings (SSSR count). The van der Waals surface area contributed by atoms with Crippen molar-refractivity contribution in [3.8, 4) is 0 Å². The fraction of sp³-hybridized carbons (Fsp3) is 1.00. The van der Waals surface area contributed by atoms with Gasteiger partial charge < -0.3 is 5.11 Å². The molecule has 0 aliphatic heterocycles. The van der Waals surface area contributed by atoms with Crippen molar-refractivity contribution in [3.63, 3.8) is 0 Å². The molecule has 2 radical (unpaired) electrons. The summed E-state index contributed by atoms with van der Waals surface area (Å²) in [4.78, 5) is 0. The molecule has 0 bridgehead atoms. The third-order valence-corrected chi connectivity index (χ3v) is 4.98. The number of hydrogen-bond donors (Lipinski definition) is 1. The van der Waals surface area contributed by atoms with E-state index in [0.29, 0.717) is 9.52 Å². The van der Waals surface area contributed by atoms with Gasteiger partial charge in [-0.3, -0.25) is 0 Å². The molecule has 0 aliphatic carbocycles. The monoisotopic (exact) mass is 202 g/mol. The summed E-state index contributed by atoms with van der Waals surface area (Å²) in [5.41, 5.74) is 0. The van der Waals surface area contributed by atoms with E-state index in [-0.39, 0.29) is 0 Å². The first kappa shape index (κ1) is 12.4. The summed E-state index contributed by atoms with van der Waals surface area (Å²) in [7, 11) is -0.125. The van der Waals surface area contributed by atoms with Gasteiger partial charge in [0.05, 0.1) is 9.52 Å². The highest BCUT2D eigenvalue weighted by Crippen LogP contribution is 2.14. The summed E-state index contributed by atoms with van der Waals surface area (Å²) in [6.07, 6.45) is 1.30. The molecule has 0 spiro atoms. The van der Waals surface area contributed by atoms with Gasteiger partial charge in [-0.2, -0.15) is 0 Å². The van der Waals surface area contributed by atoms with E-state index in [0.717, 1.165) is 0 Å². The van der Waals surface area contributed by atoms with E-state index in [4.69, 9.17) is 0 Å². The van der Waals surface area contributed by atoms with Crippen LogP contribution in [0.2, 0.25) is 31.7 Å². The van der Waals surface area contributed by atoms with Gasteiger partial charge in [-0.15, -0.1) is 0 Å². The summed E-state index contributed by atoms with van der Waals surface area (Å²) in [6.45, 7) is 11.0. The summed E-state index contributed by atoms with van der Waals surface area (Å²) < 4.78 is 0. The lowest BCUT2D eigenvalue weighted by Crippen LogP contribution is -2.28. The zero-order chi connectivity index (χ0) is 9.83. The molecule has 0 saturated carbocycles. The van der Waals surface area contributed by atoms with Crippen molar-refractivity contribution in [2.45, 2.75) is 57.2 Å². The van der Waals surface area contributed by atoms with Gasteiger partial charge in [-0.1, -0.05) is 38.2 Å². The maximum atomic E-state index is 9.47. The molecule has 0 atom stereocenters. The van der Waals surface area contributed by atoms with Gasteiger partial charge in [0, 0.05) is 13.3 Å². The Bertz CT molecular complexity index is 105.